The molecule has 1 amide bonds. The summed E-state index contributed by atoms with van der Waals surface area (Å²) in [4.78, 5) is 12.3. The zero-order chi connectivity index (χ0) is 24.0. The fourth-order valence-corrected chi connectivity index (χ4v) is 4.73. The third-order valence-electron chi connectivity index (χ3n) is 4.30. The Kier molecular flexibility index (Phi) is 8.28. The molecular formula is C23H20Br2N2O5S. The number of hydrogen-bond acceptors (Lipinski definition) is 6. The van der Waals surface area contributed by atoms with Crippen molar-refractivity contribution < 1.29 is 22.1 Å². The molecule has 3 rings (SSSR count). The van der Waals surface area contributed by atoms with Crippen LogP contribution < -0.4 is 14.3 Å². The number of aryl methyl sites for hydroxylation is 1. The molecule has 0 bridgehead atoms. The van der Waals surface area contributed by atoms with E-state index < -0.39 is 10.1 Å². The molecule has 33 heavy (non-hydrogen) atoms. The number of nitrogens with one attached hydrogen (secondary N) is 1. The van der Waals surface area contributed by atoms with Crippen LogP contribution in [0.1, 0.15) is 28.4 Å². The molecule has 3 aromatic carbocycles. The van der Waals surface area contributed by atoms with Crippen molar-refractivity contribution in [2.45, 2.75) is 18.7 Å². The van der Waals surface area contributed by atoms with Crippen LogP contribution in [0.25, 0.3) is 0 Å². The standard InChI is InChI=1S/C23H20Br2N2O5S/c1-3-31-21-12-16(14-26-27-23(28)17-5-4-6-18(24)13-17)11-20(25)22(21)32-33(29,30)19-9-7-15(2)8-10-19/h4-14H,3H2,1-2H3,(H,27,28)/b26-14-. The molecule has 172 valence electrons. The second-order valence-electron chi connectivity index (χ2n) is 6.82. The highest BCUT2D eigenvalue weighted by atomic mass is 79.9. The largest absolute Gasteiger partial charge is 0.490 e. The smallest absolute Gasteiger partial charge is 0.339 e. The van der Waals surface area contributed by atoms with Crippen LogP contribution in [0.5, 0.6) is 11.5 Å². The topological polar surface area (TPSA) is 94.1 Å². The number of benzene rings is 3. The zero-order valence-electron chi connectivity index (χ0n) is 17.7. The van der Waals surface area contributed by atoms with Crippen molar-refractivity contribution in [3.63, 3.8) is 0 Å². The summed E-state index contributed by atoms with van der Waals surface area (Å²) in [5.41, 5.74) is 4.38. The number of nitrogens with zero attached hydrogens (tertiary/aromatic N) is 1. The van der Waals surface area contributed by atoms with E-state index >= 15 is 0 Å². The van der Waals surface area contributed by atoms with Gasteiger partial charge in [-0.25, -0.2) is 5.43 Å². The number of ether oxygens (including phenoxy) is 1. The summed E-state index contributed by atoms with van der Waals surface area (Å²) < 4.78 is 37.6. The summed E-state index contributed by atoms with van der Waals surface area (Å²) in [6.45, 7) is 3.92. The zero-order valence-corrected chi connectivity index (χ0v) is 21.7. The Bertz CT molecular complexity index is 1290. The van der Waals surface area contributed by atoms with Crippen LogP contribution >= 0.6 is 31.9 Å². The van der Waals surface area contributed by atoms with Gasteiger partial charge in [-0.05, 0) is 77.8 Å². The van der Waals surface area contributed by atoms with Gasteiger partial charge < -0.3 is 8.92 Å². The molecule has 0 aliphatic carbocycles. The molecule has 0 saturated carbocycles. The number of carbonyl (C=O) groups excluding carboxylic acids is 1. The Morgan fingerprint density at radius 2 is 1.82 bits per heavy atom. The van der Waals surface area contributed by atoms with Crippen LogP contribution in [0.4, 0.5) is 0 Å². The van der Waals surface area contributed by atoms with Crippen molar-refractivity contribution in [1.29, 1.82) is 0 Å². The number of halogens is 2. The molecule has 0 unspecified atom stereocenters. The number of rotatable bonds is 8. The highest BCUT2D eigenvalue weighted by Gasteiger charge is 2.22. The fraction of sp³-hybridized carbons (Fsp3) is 0.130. The first-order valence-electron chi connectivity index (χ1n) is 9.76. The second-order valence-corrected chi connectivity index (χ2v) is 10.1. The van der Waals surface area contributed by atoms with Crippen LogP contribution in [0.3, 0.4) is 0 Å². The van der Waals surface area contributed by atoms with Crippen molar-refractivity contribution in [3.05, 3.63) is 86.3 Å². The third-order valence-corrected chi connectivity index (χ3v) is 6.62. The fourth-order valence-electron chi connectivity index (χ4n) is 2.73. The van der Waals surface area contributed by atoms with Crippen LogP contribution in [-0.4, -0.2) is 27.1 Å². The quantitative estimate of drug-likeness (QED) is 0.212. The Balaban J connectivity index is 1.82. The molecule has 10 heteroatoms. The van der Waals surface area contributed by atoms with Gasteiger partial charge in [0.2, 0.25) is 0 Å². The average Bonchev–Trinajstić information content (AvgIpc) is 2.76. The lowest BCUT2D eigenvalue weighted by atomic mass is 10.2. The van der Waals surface area contributed by atoms with E-state index in [1.54, 1.807) is 49.4 Å². The van der Waals surface area contributed by atoms with Crippen molar-refractivity contribution in [2.75, 3.05) is 6.61 Å². The molecule has 1 N–H and O–H groups in total. The van der Waals surface area contributed by atoms with Crippen LogP contribution in [0.2, 0.25) is 0 Å². The van der Waals surface area contributed by atoms with Crippen molar-refractivity contribution >= 4 is 54.1 Å². The van der Waals surface area contributed by atoms with E-state index in [9.17, 15) is 13.2 Å². The lowest BCUT2D eigenvalue weighted by Gasteiger charge is -2.14. The molecular weight excluding hydrogens is 576 g/mol. The number of carbonyl (C=O) groups is 1. The number of hydrogen-bond donors (Lipinski definition) is 1. The van der Waals surface area contributed by atoms with Crippen molar-refractivity contribution in [2.24, 2.45) is 5.10 Å². The molecule has 0 saturated heterocycles. The summed E-state index contributed by atoms with van der Waals surface area (Å²) in [5.74, 6) is -0.143. The van der Waals surface area contributed by atoms with Crippen molar-refractivity contribution in [3.8, 4) is 11.5 Å². The SMILES string of the molecule is CCOc1cc(/C=N\NC(=O)c2cccc(Br)c2)cc(Br)c1OS(=O)(=O)c1ccc(C)cc1. The Hall–Kier alpha value is -2.69. The van der Waals surface area contributed by atoms with E-state index in [0.717, 1.165) is 10.0 Å². The van der Waals surface area contributed by atoms with E-state index in [2.05, 4.69) is 42.4 Å². The molecule has 0 fully saturated rings. The van der Waals surface area contributed by atoms with Crippen LogP contribution in [-0.2, 0) is 10.1 Å². The molecule has 0 spiro atoms. The summed E-state index contributed by atoms with van der Waals surface area (Å²) >= 11 is 6.67. The average molecular weight is 596 g/mol. The Morgan fingerprint density at radius 3 is 2.48 bits per heavy atom. The van der Waals surface area contributed by atoms with E-state index in [0.29, 0.717) is 15.6 Å². The van der Waals surface area contributed by atoms with Crippen LogP contribution in [0.15, 0.2) is 79.6 Å². The van der Waals surface area contributed by atoms with Gasteiger partial charge in [0.25, 0.3) is 5.91 Å². The normalized spacial score (nSPS) is 11.4. The molecule has 0 heterocycles. The summed E-state index contributed by atoms with van der Waals surface area (Å²) in [6.07, 6.45) is 1.42. The molecule has 0 atom stereocenters. The minimum Gasteiger partial charge on any atom is -0.490 e. The van der Waals surface area contributed by atoms with E-state index in [1.807, 2.05) is 13.0 Å². The second kappa shape index (κ2) is 11.0. The number of hydrazone groups is 1. The maximum atomic E-state index is 12.7. The molecule has 0 radical (unpaired) electrons. The predicted octanol–water partition coefficient (Wildman–Crippen LogP) is 5.45. The van der Waals surface area contributed by atoms with E-state index in [-0.39, 0.29) is 28.9 Å². The van der Waals surface area contributed by atoms with Gasteiger partial charge in [-0.2, -0.15) is 13.5 Å². The van der Waals surface area contributed by atoms with E-state index in [1.165, 1.54) is 18.3 Å². The summed E-state index contributed by atoms with van der Waals surface area (Å²) in [7, 11) is -4.07. The lowest BCUT2D eigenvalue weighted by molar-refractivity contribution is 0.0955. The molecule has 3 aromatic rings. The van der Waals surface area contributed by atoms with Crippen LogP contribution in [0, 0.1) is 6.92 Å². The maximum absolute atomic E-state index is 12.7. The first-order chi connectivity index (χ1) is 15.7. The Morgan fingerprint density at radius 1 is 1.09 bits per heavy atom. The third kappa shape index (κ3) is 6.66. The van der Waals surface area contributed by atoms with E-state index in [4.69, 9.17) is 8.92 Å². The first kappa shape index (κ1) is 24.9. The highest BCUT2D eigenvalue weighted by Crippen LogP contribution is 2.38. The van der Waals surface area contributed by atoms with Gasteiger partial charge in [-0.1, -0.05) is 39.7 Å². The minimum absolute atomic E-state index is 0.0211. The summed E-state index contributed by atoms with van der Waals surface area (Å²) in [6, 6.07) is 16.4. The lowest BCUT2D eigenvalue weighted by Crippen LogP contribution is -2.17. The molecule has 0 aliphatic heterocycles. The van der Waals surface area contributed by atoms with Gasteiger partial charge in [0.05, 0.1) is 17.3 Å². The molecule has 7 nitrogen and oxygen atoms in total. The maximum Gasteiger partial charge on any atom is 0.339 e. The Labute approximate surface area is 209 Å². The van der Waals surface area contributed by atoms with Gasteiger partial charge >= 0.3 is 10.1 Å². The molecule has 0 aromatic heterocycles. The van der Waals surface area contributed by atoms with Gasteiger partial charge in [0.15, 0.2) is 11.5 Å². The molecule has 0 aliphatic rings. The van der Waals surface area contributed by atoms with Gasteiger partial charge in [0.1, 0.15) is 4.90 Å². The summed E-state index contributed by atoms with van der Waals surface area (Å²) in [5, 5.41) is 3.97. The first-order valence-corrected chi connectivity index (χ1v) is 12.8. The highest BCUT2D eigenvalue weighted by molar-refractivity contribution is 9.10. The van der Waals surface area contributed by atoms with Gasteiger partial charge in [-0.3, -0.25) is 4.79 Å². The van der Waals surface area contributed by atoms with Crippen molar-refractivity contribution in [1.82, 2.24) is 5.43 Å². The monoisotopic (exact) mass is 594 g/mol. The number of amides is 1. The predicted molar refractivity (Wildman–Crippen MR) is 134 cm³/mol. The minimum atomic E-state index is -4.07. The van der Waals surface area contributed by atoms with Gasteiger partial charge in [0, 0.05) is 10.0 Å². The van der Waals surface area contributed by atoms with Gasteiger partial charge in [-0.15, -0.1) is 0 Å².